The highest BCUT2D eigenvalue weighted by Crippen LogP contribution is 2.51. The van der Waals surface area contributed by atoms with Crippen LogP contribution in [0.2, 0.25) is 0 Å². The number of nitrogens with two attached hydrogens (primary N) is 1. The first-order valence-electron chi connectivity index (χ1n) is 11.0. The van der Waals surface area contributed by atoms with Crippen LogP contribution >= 0.6 is 0 Å². The SMILES string of the molecule is CC(C)(N)c1cnc(OC2CC2)c2cnc(Nc3ccc4c(n3)C3(CC3)COC4=O)cc12. The summed E-state index contributed by atoms with van der Waals surface area (Å²) in [7, 11) is 0. The van der Waals surface area contributed by atoms with Gasteiger partial charge in [-0.25, -0.2) is 19.7 Å². The summed E-state index contributed by atoms with van der Waals surface area (Å²) in [5, 5.41) is 5.09. The van der Waals surface area contributed by atoms with Crippen LogP contribution in [0.4, 0.5) is 11.6 Å². The molecule has 0 amide bonds. The summed E-state index contributed by atoms with van der Waals surface area (Å²) in [6.07, 6.45) is 7.90. The number of nitrogens with zero attached hydrogens (tertiary/aromatic N) is 3. The van der Waals surface area contributed by atoms with Gasteiger partial charge >= 0.3 is 5.97 Å². The number of esters is 1. The molecule has 32 heavy (non-hydrogen) atoms. The van der Waals surface area contributed by atoms with Crippen LogP contribution in [-0.2, 0) is 15.7 Å². The van der Waals surface area contributed by atoms with Gasteiger partial charge in [-0.2, -0.15) is 0 Å². The number of cyclic esters (lactones) is 1. The molecule has 8 nitrogen and oxygen atoms in total. The molecule has 1 spiro atoms. The maximum absolute atomic E-state index is 12.1. The third-order valence-corrected chi connectivity index (χ3v) is 6.44. The summed E-state index contributed by atoms with van der Waals surface area (Å²) in [5.74, 6) is 1.58. The molecule has 164 valence electrons. The second-order valence-electron chi connectivity index (χ2n) is 9.71. The van der Waals surface area contributed by atoms with Crippen molar-refractivity contribution in [2.24, 2.45) is 5.73 Å². The number of aromatic nitrogens is 3. The Morgan fingerprint density at radius 3 is 2.69 bits per heavy atom. The van der Waals surface area contributed by atoms with E-state index in [9.17, 15) is 4.79 Å². The Labute approximate surface area is 185 Å². The van der Waals surface area contributed by atoms with E-state index in [0.29, 0.717) is 29.7 Å². The maximum Gasteiger partial charge on any atom is 0.340 e. The molecule has 3 aliphatic rings. The Hall–Kier alpha value is -3.26. The van der Waals surface area contributed by atoms with Crippen LogP contribution < -0.4 is 15.8 Å². The summed E-state index contributed by atoms with van der Waals surface area (Å²) in [4.78, 5) is 26.0. The number of fused-ring (bicyclic) bond motifs is 3. The van der Waals surface area contributed by atoms with Gasteiger partial charge in [0.1, 0.15) is 24.3 Å². The lowest BCUT2D eigenvalue weighted by Crippen LogP contribution is -2.29. The molecule has 0 unspecified atom stereocenters. The Kier molecular flexibility index (Phi) is 4.02. The number of ether oxygens (including phenoxy) is 2. The average molecular weight is 431 g/mol. The molecule has 2 saturated carbocycles. The largest absolute Gasteiger partial charge is 0.474 e. The molecular weight excluding hydrogens is 406 g/mol. The molecule has 0 saturated heterocycles. The van der Waals surface area contributed by atoms with Crippen molar-refractivity contribution in [2.45, 2.75) is 56.6 Å². The van der Waals surface area contributed by atoms with E-state index in [1.807, 2.05) is 19.9 Å². The number of hydrogen-bond donors (Lipinski definition) is 2. The molecular formula is C24H25N5O3. The van der Waals surface area contributed by atoms with Crippen LogP contribution in [0, 0.1) is 0 Å². The van der Waals surface area contributed by atoms with Crippen molar-refractivity contribution in [3.63, 3.8) is 0 Å². The van der Waals surface area contributed by atoms with E-state index < -0.39 is 5.54 Å². The molecule has 0 atom stereocenters. The Bertz CT molecular complexity index is 1260. The van der Waals surface area contributed by atoms with Gasteiger partial charge in [0, 0.05) is 23.3 Å². The van der Waals surface area contributed by atoms with Gasteiger partial charge in [-0.15, -0.1) is 0 Å². The van der Waals surface area contributed by atoms with Gasteiger partial charge in [-0.3, -0.25) is 0 Å². The highest BCUT2D eigenvalue weighted by Gasteiger charge is 2.51. The topological polar surface area (TPSA) is 112 Å². The normalized spacial score (nSPS) is 18.9. The molecule has 3 N–H and O–H groups in total. The van der Waals surface area contributed by atoms with Gasteiger partial charge in [0.05, 0.1) is 16.6 Å². The van der Waals surface area contributed by atoms with Gasteiger partial charge in [0.25, 0.3) is 0 Å². The van der Waals surface area contributed by atoms with E-state index in [4.69, 9.17) is 20.2 Å². The van der Waals surface area contributed by atoms with E-state index in [1.54, 1.807) is 24.5 Å². The Morgan fingerprint density at radius 1 is 1.16 bits per heavy atom. The predicted octanol–water partition coefficient (Wildman–Crippen LogP) is 3.71. The van der Waals surface area contributed by atoms with Gasteiger partial charge in [0.2, 0.25) is 5.88 Å². The highest BCUT2D eigenvalue weighted by atomic mass is 16.5. The summed E-state index contributed by atoms with van der Waals surface area (Å²) in [5.41, 5.74) is 8.05. The summed E-state index contributed by atoms with van der Waals surface area (Å²) in [6, 6.07) is 5.53. The van der Waals surface area contributed by atoms with Crippen molar-refractivity contribution in [3.05, 3.63) is 47.4 Å². The molecule has 0 aromatic carbocycles. The van der Waals surface area contributed by atoms with Crippen molar-refractivity contribution in [2.75, 3.05) is 11.9 Å². The van der Waals surface area contributed by atoms with E-state index >= 15 is 0 Å². The van der Waals surface area contributed by atoms with Crippen LogP contribution in [0.3, 0.4) is 0 Å². The van der Waals surface area contributed by atoms with E-state index in [2.05, 4.69) is 15.3 Å². The van der Waals surface area contributed by atoms with E-state index in [0.717, 1.165) is 47.7 Å². The molecule has 6 rings (SSSR count). The lowest BCUT2D eigenvalue weighted by atomic mass is 9.93. The first-order chi connectivity index (χ1) is 15.3. The highest BCUT2D eigenvalue weighted by molar-refractivity contribution is 5.93. The number of pyridine rings is 3. The molecule has 0 bridgehead atoms. The fourth-order valence-corrected chi connectivity index (χ4v) is 4.24. The molecule has 3 aromatic rings. The summed E-state index contributed by atoms with van der Waals surface area (Å²) < 4.78 is 11.3. The van der Waals surface area contributed by atoms with Crippen LogP contribution in [0.25, 0.3) is 10.8 Å². The number of hydrogen-bond acceptors (Lipinski definition) is 8. The quantitative estimate of drug-likeness (QED) is 0.588. The summed E-state index contributed by atoms with van der Waals surface area (Å²) >= 11 is 0. The van der Waals surface area contributed by atoms with Gasteiger partial charge in [0.15, 0.2) is 0 Å². The van der Waals surface area contributed by atoms with Gasteiger partial charge < -0.3 is 20.5 Å². The van der Waals surface area contributed by atoms with E-state index in [-0.39, 0.29) is 17.5 Å². The van der Waals surface area contributed by atoms with Crippen LogP contribution in [-0.4, -0.2) is 33.6 Å². The second kappa shape index (κ2) is 6.62. The molecule has 2 aliphatic carbocycles. The predicted molar refractivity (Wildman–Crippen MR) is 119 cm³/mol. The van der Waals surface area contributed by atoms with Crippen molar-refractivity contribution in [3.8, 4) is 5.88 Å². The Balaban J connectivity index is 1.39. The minimum atomic E-state index is -0.579. The fraction of sp³-hybridized carbons (Fsp3) is 0.417. The zero-order valence-electron chi connectivity index (χ0n) is 18.1. The van der Waals surface area contributed by atoms with Crippen LogP contribution in [0.15, 0.2) is 30.6 Å². The third-order valence-electron chi connectivity index (χ3n) is 6.44. The number of nitrogens with one attached hydrogen (secondary N) is 1. The molecule has 0 radical (unpaired) electrons. The summed E-state index contributed by atoms with van der Waals surface area (Å²) in [6.45, 7) is 4.32. The molecule has 2 fully saturated rings. The third kappa shape index (κ3) is 3.26. The minimum absolute atomic E-state index is 0.116. The van der Waals surface area contributed by atoms with Crippen molar-refractivity contribution >= 4 is 28.4 Å². The van der Waals surface area contributed by atoms with E-state index in [1.165, 1.54) is 0 Å². The first kappa shape index (κ1) is 19.4. The van der Waals surface area contributed by atoms with Crippen molar-refractivity contribution < 1.29 is 14.3 Å². The fourth-order valence-electron chi connectivity index (χ4n) is 4.24. The molecule has 8 heteroatoms. The number of rotatable bonds is 5. The number of carbonyl (C=O) groups excluding carboxylic acids is 1. The first-order valence-corrected chi connectivity index (χ1v) is 11.0. The minimum Gasteiger partial charge on any atom is -0.474 e. The molecule has 3 aromatic heterocycles. The molecule has 4 heterocycles. The number of anilines is 2. The maximum atomic E-state index is 12.1. The van der Waals surface area contributed by atoms with Crippen LogP contribution in [0.5, 0.6) is 5.88 Å². The molecule has 1 aliphatic heterocycles. The lowest BCUT2D eigenvalue weighted by molar-refractivity contribution is 0.0418. The number of carbonyl (C=O) groups is 1. The average Bonchev–Trinajstić information content (AvgIpc) is 3.68. The van der Waals surface area contributed by atoms with Crippen molar-refractivity contribution in [1.82, 2.24) is 15.0 Å². The second-order valence-corrected chi connectivity index (χ2v) is 9.71. The standard InChI is InChI=1S/C24H25N5O3/c1-23(2,25)17-11-27-21(32-13-3-4-13)16-10-26-19(9-15(16)17)28-18-6-5-14-20(29-18)24(7-8-24)12-31-22(14)30/h5-6,9-11,13H,3-4,7-8,12,25H2,1-2H3,(H,26,28,29). The lowest BCUT2D eigenvalue weighted by Gasteiger charge is -2.24. The van der Waals surface area contributed by atoms with Gasteiger partial charge in [-0.05, 0) is 68.7 Å². The Morgan fingerprint density at radius 2 is 1.97 bits per heavy atom. The van der Waals surface area contributed by atoms with Crippen molar-refractivity contribution in [1.29, 1.82) is 0 Å². The zero-order chi connectivity index (χ0) is 22.1. The van der Waals surface area contributed by atoms with Gasteiger partial charge in [-0.1, -0.05) is 0 Å². The monoisotopic (exact) mass is 431 g/mol. The smallest absolute Gasteiger partial charge is 0.340 e. The van der Waals surface area contributed by atoms with Crippen LogP contribution in [0.1, 0.15) is 61.1 Å². The zero-order valence-corrected chi connectivity index (χ0v) is 18.1.